The summed E-state index contributed by atoms with van der Waals surface area (Å²) in [4.78, 5) is 16.6. The van der Waals surface area contributed by atoms with E-state index in [4.69, 9.17) is 11.6 Å². The molecule has 1 heterocycles. The Morgan fingerprint density at radius 2 is 2.00 bits per heavy atom. The van der Waals surface area contributed by atoms with Crippen LogP contribution in [-0.2, 0) is 9.84 Å². The van der Waals surface area contributed by atoms with E-state index in [0.717, 1.165) is 12.4 Å². The van der Waals surface area contributed by atoms with E-state index >= 15 is 0 Å². The van der Waals surface area contributed by atoms with Crippen LogP contribution in [0.1, 0.15) is 13.3 Å². The molecule has 0 saturated heterocycles. The second-order valence-corrected chi connectivity index (χ2v) is 5.95. The fourth-order valence-corrected chi connectivity index (χ4v) is 2.68. The zero-order valence-electron chi connectivity index (χ0n) is 8.91. The number of alkyl halides is 1. The Kier molecular flexibility index (Phi) is 4.35. The fraction of sp³-hybridized carbons (Fsp3) is 0.500. The SMILES string of the molecule is CC(CCCl)S(=O)(=O)c1ncc([N+](=O)[O-])cn1. The standard InChI is InChI=1S/C8H10ClN3O4S/c1-6(2-3-9)17(15,16)8-10-4-7(5-11-8)12(13)14/h4-6H,2-3H2,1H3. The van der Waals surface area contributed by atoms with Crippen LogP contribution in [0.15, 0.2) is 17.6 Å². The molecule has 1 atom stereocenters. The molecule has 0 fully saturated rings. The van der Waals surface area contributed by atoms with Gasteiger partial charge in [-0.1, -0.05) is 0 Å². The van der Waals surface area contributed by atoms with Crippen LogP contribution in [0, 0.1) is 10.1 Å². The van der Waals surface area contributed by atoms with Crippen molar-refractivity contribution in [3.63, 3.8) is 0 Å². The van der Waals surface area contributed by atoms with Gasteiger partial charge in [-0.25, -0.2) is 18.4 Å². The molecular formula is C8H10ClN3O4S. The zero-order chi connectivity index (χ0) is 13.1. The summed E-state index contributed by atoms with van der Waals surface area (Å²) in [5, 5.41) is 9.22. The first-order valence-corrected chi connectivity index (χ1v) is 6.74. The Bertz CT molecular complexity index is 502. The predicted octanol–water partition coefficient (Wildman–Crippen LogP) is 1.18. The zero-order valence-corrected chi connectivity index (χ0v) is 10.5. The molecule has 7 nitrogen and oxygen atoms in total. The lowest BCUT2D eigenvalue weighted by atomic mass is 10.4. The van der Waals surface area contributed by atoms with Crippen molar-refractivity contribution in [2.24, 2.45) is 0 Å². The van der Waals surface area contributed by atoms with Gasteiger partial charge in [0.1, 0.15) is 12.4 Å². The van der Waals surface area contributed by atoms with Gasteiger partial charge in [0.25, 0.3) is 0 Å². The molecule has 1 unspecified atom stereocenters. The number of hydrogen-bond acceptors (Lipinski definition) is 6. The molecule has 1 rings (SSSR count). The Morgan fingerprint density at radius 3 is 2.41 bits per heavy atom. The van der Waals surface area contributed by atoms with E-state index in [1.807, 2.05) is 0 Å². The first-order valence-electron chi connectivity index (χ1n) is 4.66. The van der Waals surface area contributed by atoms with Crippen LogP contribution in [-0.4, -0.2) is 34.4 Å². The minimum atomic E-state index is -3.67. The number of hydrogen-bond donors (Lipinski definition) is 0. The lowest BCUT2D eigenvalue weighted by Crippen LogP contribution is -2.20. The first kappa shape index (κ1) is 13.8. The summed E-state index contributed by atoms with van der Waals surface area (Å²) in [6, 6.07) is 0. The van der Waals surface area contributed by atoms with Crippen molar-refractivity contribution < 1.29 is 13.3 Å². The third-order valence-corrected chi connectivity index (χ3v) is 4.36. The normalized spacial score (nSPS) is 13.3. The minimum Gasteiger partial charge on any atom is -0.258 e. The third-order valence-electron chi connectivity index (χ3n) is 2.13. The molecule has 0 radical (unpaired) electrons. The van der Waals surface area contributed by atoms with Crippen LogP contribution in [0.25, 0.3) is 0 Å². The van der Waals surface area contributed by atoms with Gasteiger partial charge < -0.3 is 0 Å². The highest BCUT2D eigenvalue weighted by molar-refractivity contribution is 7.91. The maximum Gasteiger partial charge on any atom is 0.305 e. The molecule has 0 aromatic carbocycles. The summed E-state index contributed by atoms with van der Waals surface area (Å²) in [6.45, 7) is 1.49. The Morgan fingerprint density at radius 1 is 1.47 bits per heavy atom. The van der Waals surface area contributed by atoms with Gasteiger partial charge in [-0.3, -0.25) is 10.1 Å². The van der Waals surface area contributed by atoms with Crippen LogP contribution in [0.4, 0.5) is 5.69 Å². The monoisotopic (exact) mass is 279 g/mol. The highest BCUT2D eigenvalue weighted by Crippen LogP contribution is 2.16. The van der Waals surface area contributed by atoms with Crippen LogP contribution in [0.5, 0.6) is 0 Å². The Hall–Kier alpha value is -1.28. The van der Waals surface area contributed by atoms with E-state index in [-0.39, 0.29) is 18.0 Å². The topological polar surface area (TPSA) is 103 Å². The maximum atomic E-state index is 11.8. The summed E-state index contributed by atoms with van der Waals surface area (Å²) < 4.78 is 23.7. The van der Waals surface area contributed by atoms with Crippen LogP contribution in [0.3, 0.4) is 0 Å². The van der Waals surface area contributed by atoms with Gasteiger partial charge in [0.15, 0.2) is 0 Å². The van der Waals surface area contributed by atoms with E-state index < -0.39 is 25.2 Å². The maximum absolute atomic E-state index is 11.8. The molecule has 0 saturated carbocycles. The third kappa shape index (κ3) is 3.10. The average Bonchev–Trinajstić information content (AvgIpc) is 2.29. The van der Waals surface area contributed by atoms with Crippen molar-refractivity contribution in [1.82, 2.24) is 9.97 Å². The molecule has 0 aliphatic heterocycles. The van der Waals surface area contributed by atoms with E-state index in [1.54, 1.807) is 0 Å². The van der Waals surface area contributed by atoms with E-state index in [0.29, 0.717) is 0 Å². The first-order chi connectivity index (χ1) is 7.89. The fourth-order valence-electron chi connectivity index (χ4n) is 1.04. The van der Waals surface area contributed by atoms with E-state index in [1.165, 1.54) is 6.92 Å². The lowest BCUT2D eigenvalue weighted by molar-refractivity contribution is -0.385. The molecule has 94 valence electrons. The summed E-state index contributed by atoms with van der Waals surface area (Å²) in [7, 11) is -3.67. The molecule has 17 heavy (non-hydrogen) atoms. The molecule has 0 spiro atoms. The van der Waals surface area contributed by atoms with Crippen molar-refractivity contribution in [1.29, 1.82) is 0 Å². The summed E-state index contributed by atoms with van der Waals surface area (Å²) >= 11 is 5.46. The minimum absolute atomic E-state index is 0.202. The quantitative estimate of drug-likeness (QED) is 0.347. The number of halogens is 1. The van der Waals surface area contributed by atoms with Gasteiger partial charge in [0.2, 0.25) is 15.0 Å². The van der Waals surface area contributed by atoms with Crippen LogP contribution >= 0.6 is 11.6 Å². The Labute approximate surface area is 103 Å². The number of aromatic nitrogens is 2. The highest BCUT2D eigenvalue weighted by atomic mass is 35.5. The molecule has 9 heteroatoms. The lowest BCUT2D eigenvalue weighted by Gasteiger charge is -2.08. The van der Waals surface area contributed by atoms with E-state index in [9.17, 15) is 18.5 Å². The van der Waals surface area contributed by atoms with Gasteiger partial charge in [0, 0.05) is 5.88 Å². The van der Waals surface area contributed by atoms with Gasteiger partial charge >= 0.3 is 5.69 Å². The smallest absolute Gasteiger partial charge is 0.258 e. The Balaban J connectivity index is 3.04. The molecule has 0 bridgehead atoms. The molecule has 0 N–H and O–H groups in total. The number of nitro groups is 1. The molecule has 0 aliphatic rings. The summed E-state index contributed by atoms with van der Waals surface area (Å²) in [5.74, 6) is 0.202. The highest BCUT2D eigenvalue weighted by Gasteiger charge is 2.26. The second kappa shape index (κ2) is 5.37. The number of rotatable bonds is 5. The summed E-state index contributed by atoms with van der Waals surface area (Å²) in [5.41, 5.74) is -0.353. The number of sulfone groups is 1. The van der Waals surface area contributed by atoms with Crippen LogP contribution in [0.2, 0.25) is 0 Å². The van der Waals surface area contributed by atoms with Gasteiger partial charge in [0.05, 0.1) is 10.2 Å². The van der Waals surface area contributed by atoms with E-state index in [2.05, 4.69) is 9.97 Å². The molecular weight excluding hydrogens is 270 g/mol. The van der Waals surface area contributed by atoms with Gasteiger partial charge in [-0.05, 0) is 13.3 Å². The largest absolute Gasteiger partial charge is 0.305 e. The molecule has 1 aromatic rings. The van der Waals surface area contributed by atoms with Crippen molar-refractivity contribution in [2.45, 2.75) is 23.8 Å². The second-order valence-electron chi connectivity index (χ2n) is 3.31. The predicted molar refractivity (Wildman–Crippen MR) is 60.7 cm³/mol. The van der Waals surface area contributed by atoms with Crippen molar-refractivity contribution in [3.05, 3.63) is 22.5 Å². The van der Waals surface area contributed by atoms with Crippen molar-refractivity contribution in [2.75, 3.05) is 5.88 Å². The summed E-state index contributed by atoms with van der Waals surface area (Å²) in [6.07, 6.45) is 2.00. The van der Waals surface area contributed by atoms with Crippen LogP contribution < -0.4 is 0 Å². The average molecular weight is 280 g/mol. The molecule has 0 amide bonds. The molecule has 0 aliphatic carbocycles. The number of nitrogens with zero attached hydrogens (tertiary/aromatic N) is 3. The molecule has 1 aromatic heterocycles. The van der Waals surface area contributed by atoms with Crippen molar-refractivity contribution >= 4 is 27.1 Å². The van der Waals surface area contributed by atoms with Crippen molar-refractivity contribution in [3.8, 4) is 0 Å². The van der Waals surface area contributed by atoms with Gasteiger partial charge in [-0.2, -0.15) is 0 Å². The van der Waals surface area contributed by atoms with Gasteiger partial charge in [-0.15, -0.1) is 11.6 Å².